The molecule has 0 aliphatic heterocycles. The Morgan fingerprint density at radius 1 is 0.909 bits per heavy atom. The Labute approximate surface area is 132 Å². The first-order chi connectivity index (χ1) is 10.7. The van der Waals surface area contributed by atoms with E-state index < -0.39 is 0 Å². The van der Waals surface area contributed by atoms with E-state index in [2.05, 4.69) is 10.6 Å². The van der Waals surface area contributed by atoms with Crippen molar-refractivity contribution in [3.8, 4) is 0 Å². The Hall–Kier alpha value is -1.10. The molecule has 22 heavy (non-hydrogen) atoms. The molecule has 4 unspecified atom stereocenters. The van der Waals surface area contributed by atoms with Crippen LogP contribution in [-0.2, 0) is 9.59 Å². The van der Waals surface area contributed by atoms with Gasteiger partial charge in [-0.2, -0.15) is 0 Å². The second kappa shape index (κ2) is 6.99. The molecule has 0 aromatic rings. The molecule has 0 radical (unpaired) electrons. The third kappa shape index (κ3) is 3.45. The van der Waals surface area contributed by atoms with E-state index in [0.29, 0.717) is 17.9 Å². The average molecular weight is 308 g/mol. The summed E-state index contributed by atoms with van der Waals surface area (Å²) in [6, 6.07) is 0.439. The molecule has 124 valence electrons. The van der Waals surface area contributed by atoms with E-state index in [1.165, 1.54) is 19.3 Å². The lowest BCUT2D eigenvalue weighted by Gasteiger charge is -2.30. The molecule has 3 fully saturated rings. The average Bonchev–Trinajstić information content (AvgIpc) is 3.22. The fraction of sp³-hybridized carbons (Fsp3) is 0.882. The maximum absolute atomic E-state index is 12.1. The predicted molar refractivity (Wildman–Crippen MR) is 83.0 cm³/mol. The van der Waals surface area contributed by atoms with Gasteiger partial charge < -0.3 is 15.7 Å². The molecule has 5 nitrogen and oxygen atoms in total. The Morgan fingerprint density at radius 2 is 1.55 bits per heavy atom. The molecule has 0 heterocycles. The van der Waals surface area contributed by atoms with Crippen molar-refractivity contribution < 1.29 is 14.7 Å². The van der Waals surface area contributed by atoms with Crippen molar-refractivity contribution in [2.75, 3.05) is 6.61 Å². The number of fused-ring (bicyclic) bond motifs is 2. The van der Waals surface area contributed by atoms with Crippen molar-refractivity contribution in [1.82, 2.24) is 10.6 Å². The minimum absolute atomic E-state index is 0.00583. The zero-order valence-corrected chi connectivity index (χ0v) is 13.2. The Kier molecular flexibility index (Phi) is 5.01. The van der Waals surface area contributed by atoms with E-state index >= 15 is 0 Å². The van der Waals surface area contributed by atoms with Crippen LogP contribution in [-0.4, -0.2) is 35.6 Å². The quantitative estimate of drug-likeness (QED) is 0.693. The standard InChI is InChI=1S/C17H28N2O3/c20-10-14-11-5-6-12(9-11)17(14)19-16(22)8-7-15(21)18-13-3-1-2-4-13/h11-14,17,20H,1-10H2,(H,18,21)(H,19,22). The van der Waals surface area contributed by atoms with Crippen molar-refractivity contribution in [2.45, 2.75) is 69.9 Å². The van der Waals surface area contributed by atoms with Gasteiger partial charge in [0.1, 0.15) is 0 Å². The highest BCUT2D eigenvalue weighted by atomic mass is 16.3. The van der Waals surface area contributed by atoms with Crippen LogP contribution in [0.15, 0.2) is 0 Å². The molecule has 4 atom stereocenters. The molecule has 3 rings (SSSR count). The summed E-state index contributed by atoms with van der Waals surface area (Å²) in [5.74, 6) is 1.27. The number of hydrogen-bond acceptors (Lipinski definition) is 3. The third-order valence-corrected chi connectivity index (χ3v) is 5.93. The summed E-state index contributed by atoms with van der Waals surface area (Å²) in [5, 5.41) is 15.6. The van der Waals surface area contributed by atoms with Crippen molar-refractivity contribution >= 4 is 11.8 Å². The predicted octanol–water partition coefficient (Wildman–Crippen LogP) is 1.35. The van der Waals surface area contributed by atoms with E-state index in [9.17, 15) is 14.7 Å². The Morgan fingerprint density at radius 3 is 2.23 bits per heavy atom. The molecule has 0 aromatic heterocycles. The molecule has 3 N–H and O–H groups in total. The van der Waals surface area contributed by atoms with Gasteiger partial charge in [-0.15, -0.1) is 0 Å². The number of aliphatic hydroxyl groups excluding tert-OH is 1. The van der Waals surface area contributed by atoms with Crippen molar-refractivity contribution in [1.29, 1.82) is 0 Å². The van der Waals surface area contributed by atoms with Gasteiger partial charge in [0, 0.05) is 37.5 Å². The fourth-order valence-electron chi connectivity index (χ4n) is 4.75. The molecule has 2 amide bonds. The van der Waals surface area contributed by atoms with E-state index in [1.54, 1.807) is 0 Å². The zero-order chi connectivity index (χ0) is 15.5. The number of amides is 2. The first-order valence-electron chi connectivity index (χ1n) is 8.87. The number of hydrogen-bond donors (Lipinski definition) is 3. The van der Waals surface area contributed by atoms with Gasteiger partial charge in [-0.05, 0) is 43.9 Å². The highest BCUT2D eigenvalue weighted by molar-refractivity contribution is 5.84. The summed E-state index contributed by atoms with van der Waals surface area (Å²) >= 11 is 0. The molecule has 0 saturated heterocycles. The lowest BCUT2D eigenvalue weighted by molar-refractivity contribution is -0.127. The van der Waals surface area contributed by atoms with Gasteiger partial charge in [0.2, 0.25) is 11.8 Å². The van der Waals surface area contributed by atoms with Crippen LogP contribution in [0.4, 0.5) is 0 Å². The summed E-state index contributed by atoms with van der Waals surface area (Å²) < 4.78 is 0. The zero-order valence-electron chi connectivity index (χ0n) is 13.2. The first-order valence-corrected chi connectivity index (χ1v) is 8.87. The Bertz CT molecular complexity index is 420. The number of rotatable bonds is 6. The van der Waals surface area contributed by atoms with E-state index in [1.807, 2.05) is 0 Å². The second-order valence-electron chi connectivity index (χ2n) is 7.32. The van der Waals surface area contributed by atoms with Crippen LogP contribution in [0.25, 0.3) is 0 Å². The van der Waals surface area contributed by atoms with Crippen molar-refractivity contribution in [3.63, 3.8) is 0 Å². The second-order valence-corrected chi connectivity index (χ2v) is 7.32. The summed E-state index contributed by atoms with van der Waals surface area (Å²) in [7, 11) is 0. The molecular formula is C17H28N2O3. The minimum Gasteiger partial charge on any atom is -0.396 e. The number of nitrogens with one attached hydrogen (secondary N) is 2. The van der Waals surface area contributed by atoms with Crippen molar-refractivity contribution in [2.24, 2.45) is 17.8 Å². The first kappa shape index (κ1) is 15.8. The molecule has 5 heteroatoms. The number of carbonyl (C=O) groups excluding carboxylic acids is 2. The van der Waals surface area contributed by atoms with E-state index in [0.717, 1.165) is 25.7 Å². The van der Waals surface area contributed by atoms with Gasteiger partial charge in [-0.25, -0.2) is 0 Å². The maximum Gasteiger partial charge on any atom is 0.220 e. The SMILES string of the molecule is O=C(CCC(=O)NC1C2CCC(C2)C1CO)NC1CCCC1. The van der Waals surface area contributed by atoms with Crippen LogP contribution in [0.3, 0.4) is 0 Å². The number of carbonyl (C=O) groups is 2. The van der Waals surface area contributed by atoms with Crippen molar-refractivity contribution in [3.05, 3.63) is 0 Å². The van der Waals surface area contributed by atoms with Crippen LogP contribution in [0.2, 0.25) is 0 Å². The maximum atomic E-state index is 12.1. The topological polar surface area (TPSA) is 78.4 Å². The van der Waals surface area contributed by atoms with Crippen LogP contribution in [0.5, 0.6) is 0 Å². The minimum atomic E-state index is -0.0439. The normalized spacial score (nSPS) is 34.0. The van der Waals surface area contributed by atoms with Crippen LogP contribution >= 0.6 is 0 Å². The van der Waals surface area contributed by atoms with Gasteiger partial charge in [-0.1, -0.05) is 12.8 Å². The highest BCUT2D eigenvalue weighted by Crippen LogP contribution is 2.48. The summed E-state index contributed by atoms with van der Waals surface area (Å²) in [6.07, 6.45) is 8.54. The third-order valence-electron chi connectivity index (χ3n) is 5.93. The molecule has 2 bridgehead atoms. The molecule has 0 aromatic carbocycles. The van der Waals surface area contributed by atoms with Gasteiger partial charge in [-0.3, -0.25) is 9.59 Å². The van der Waals surface area contributed by atoms with Crippen LogP contribution < -0.4 is 10.6 Å². The summed E-state index contributed by atoms with van der Waals surface area (Å²) in [6.45, 7) is 0.161. The van der Waals surface area contributed by atoms with E-state index in [4.69, 9.17) is 0 Å². The molecular weight excluding hydrogens is 280 g/mol. The molecule has 0 spiro atoms. The van der Waals surface area contributed by atoms with E-state index in [-0.39, 0.29) is 43.2 Å². The largest absolute Gasteiger partial charge is 0.396 e. The van der Waals surface area contributed by atoms with Gasteiger partial charge in [0.15, 0.2) is 0 Å². The molecule has 3 saturated carbocycles. The molecule has 3 aliphatic carbocycles. The summed E-state index contributed by atoms with van der Waals surface area (Å²) in [5.41, 5.74) is 0. The van der Waals surface area contributed by atoms with Gasteiger partial charge >= 0.3 is 0 Å². The lowest BCUT2D eigenvalue weighted by Crippen LogP contribution is -2.45. The van der Waals surface area contributed by atoms with Crippen LogP contribution in [0, 0.1) is 17.8 Å². The molecule has 3 aliphatic rings. The monoisotopic (exact) mass is 308 g/mol. The summed E-state index contributed by atoms with van der Waals surface area (Å²) in [4.78, 5) is 24.0. The van der Waals surface area contributed by atoms with Gasteiger partial charge in [0.25, 0.3) is 0 Å². The fourth-order valence-corrected chi connectivity index (χ4v) is 4.75. The smallest absolute Gasteiger partial charge is 0.220 e. The highest BCUT2D eigenvalue weighted by Gasteiger charge is 2.47. The lowest BCUT2D eigenvalue weighted by atomic mass is 9.85. The van der Waals surface area contributed by atoms with Crippen LogP contribution in [0.1, 0.15) is 57.8 Å². The Balaban J connectivity index is 1.39. The van der Waals surface area contributed by atoms with Gasteiger partial charge in [0.05, 0.1) is 0 Å². The number of aliphatic hydroxyl groups is 1.